The van der Waals surface area contributed by atoms with Crippen LogP contribution in [0.2, 0.25) is 0 Å². The van der Waals surface area contributed by atoms with Crippen LogP contribution in [0.25, 0.3) is 0 Å². The van der Waals surface area contributed by atoms with E-state index < -0.39 is 0 Å². The zero-order valence-corrected chi connectivity index (χ0v) is 11.3. The number of benzene rings is 2. The number of nitrogens with zero attached hydrogens (tertiary/aromatic N) is 1. The van der Waals surface area contributed by atoms with Gasteiger partial charge in [0.25, 0.3) is 0 Å². The molecule has 0 saturated heterocycles. The maximum absolute atomic E-state index is 11.6. The number of urea groups is 1. The van der Waals surface area contributed by atoms with Gasteiger partial charge in [0.05, 0.1) is 6.21 Å². The smallest absolute Gasteiger partial charge is 0.307 e. The Hall–Kier alpha value is -2.62. The van der Waals surface area contributed by atoms with E-state index in [1.807, 2.05) is 54.6 Å². The Bertz CT molecular complexity index is 576. The molecule has 0 aliphatic heterocycles. The molecule has 0 fully saturated rings. The Morgan fingerprint density at radius 3 is 2.45 bits per heavy atom. The van der Waals surface area contributed by atoms with Crippen LogP contribution in [-0.2, 0) is 6.42 Å². The van der Waals surface area contributed by atoms with Crippen molar-refractivity contribution >= 4 is 17.9 Å². The largest absolute Gasteiger partial charge is 0.339 e. The van der Waals surface area contributed by atoms with E-state index in [0.29, 0.717) is 0 Å². The molecule has 0 aliphatic carbocycles. The molecule has 0 heterocycles. The van der Waals surface area contributed by atoms with Crippen molar-refractivity contribution in [3.63, 3.8) is 0 Å². The molecule has 2 N–H and O–H groups in total. The third kappa shape index (κ3) is 4.24. The number of anilines is 1. The van der Waals surface area contributed by atoms with Crippen LogP contribution in [0, 0.1) is 0 Å². The average molecular weight is 267 g/mol. The predicted molar refractivity (Wildman–Crippen MR) is 82.0 cm³/mol. The lowest BCUT2D eigenvalue weighted by Gasteiger charge is -2.03. The minimum Gasteiger partial charge on any atom is -0.307 e. The van der Waals surface area contributed by atoms with E-state index in [1.54, 1.807) is 6.21 Å². The van der Waals surface area contributed by atoms with Gasteiger partial charge in [-0.25, -0.2) is 10.2 Å². The van der Waals surface area contributed by atoms with Gasteiger partial charge in [-0.3, -0.25) is 0 Å². The van der Waals surface area contributed by atoms with Gasteiger partial charge in [-0.05, 0) is 29.7 Å². The Morgan fingerprint density at radius 1 is 1.10 bits per heavy atom. The molecule has 102 valence electrons. The van der Waals surface area contributed by atoms with Gasteiger partial charge in [0.15, 0.2) is 0 Å². The van der Waals surface area contributed by atoms with Gasteiger partial charge in [-0.1, -0.05) is 49.4 Å². The molecule has 20 heavy (non-hydrogen) atoms. The molecule has 0 aromatic heterocycles. The van der Waals surface area contributed by atoms with Gasteiger partial charge >= 0.3 is 6.03 Å². The van der Waals surface area contributed by atoms with Gasteiger partial charge in [0.1, 0.15) is 0 Å². The van der Waals surface area contributed by atoms with Gasteiger partial charge < -0.3 is 5.32 Å². The summed E-state index contributed by atoms with van der Waals surface area (Å²) in [5.74, 6) is 0. The molecule has 0 spiro atoms. The lowest BCUT2D eigenvalue weighted by molar-refractivity contribution is 0.252. The summed E-state index contributed by atoms with van der Waals surface area (Å²) in [4.78, 5) is 11.6. The van der Waals surface area contributed by atoms with Crippen molar-refractivity contribution < 1.29 is 4.79 Å². The minimum atomic E-state index is -0.363. The standard InChI is InChI=1S/C16H17N3O/c1-2-13-8-10-14(11-9-13)12-17-19-16(20)18-15-6-4-3-5-7-15/h3-12H,2H2,1H3,(H2,18,19,20)/b17-12-. The highest BCUT2D eigenvalue weighted by Gasteiger charge is 1.98. The van der Waals surface area contributed by atoms with Crippen LogP contribution in [0.15, 0.2) is 59.7 Å². The fourth-order valence-corrected chi connectivity index (χ4v) is 1.69. The number of nitrogens with one attached hydrogen (secondary N) is 2. The molecule has 4 nitrogen and oxygen atoms in total. The minimum absolute atomic E-state index is 0.363. The van der Waals surface area contributed by atoms with E-state index in [4.69, 9.17) is 0 Å². The van der Waals surface area contributed by atoms with E-state index in [-0.39, 0.29) is 6.03 Å². The number of para-hydroxylation sites is 1. The first kappa shape index (κ1) is 13.8. The first-order valence-electron chi connectivity index (χ1n) is 6.52. The number of amides is 2. The highest BCUT2D eigenvalue weighted by molar-refractivity contribution is 5.90. The molecule has 0 saturated carbocycles. The number of rotatable bonds is 4. The highest BCUT2D eigenvalue weighted by atomic mass is 16.2. The monoisotopic (exact) mass is 267 g/mol. The number of hydrazone groups is 1. The summed E-state index contributed by atoms with van der Waals surface area (Å²) in [6, 6.07) is 16.9. The van der Waals surface area contributed by atoms with E-state index in [9.17, 15) is 4.79 Å². The van der Waals surface area contributed by atoms with E-state index in [1.165, 1.54) is 5.56 Å². The quantitative estimate of drug-likeness (QED) is 0.647. The first-order chi connectivity index (χ1) is 9.78. The van der Waals surface area contributed by atoms with Crippen LogP contribution in [0.1, 0.15) is 18.1 Å². The molecule has 0 radical (unpaired) electrons. The first-order valence-corrected chi connectivity index (χ1v) is 6.52. The normalized spacial score (nSPS) is 10.4. The Kier molecular flexibility index (Phi) is 4.89. The maximum Gasteiger partial charge on any atom is 0.339 e. The number of carbonyl (C=O) groups excluding carboxylic acids is 1. The van der Waals surface area contributed by atoms with Gasteiger partial charge in [0.2, 0.25) is 0 Å². The second-order valence-corrected chi connectivity index (χ2v) is 4.29. The second kappa shape index (κ2) is 7.09. The molecular formula is C16H17N3O. The molecule has 0 bridgehead atoms. The summed E-state index contributed by atoms with van der Waals surface area (Å²) in [5.41, 5.74) is 5.38. The zero-order valence-electron chi connectivity index (χ0n) is 11.3. The summed E-state index contributed by atoms with van der Waals surface area (Å²) >= 11 is 0. The Morgan fingerprint density at radius 2 is 1.80 bits per heavy atom. The molecule has 0 aliphatic rings. The zero-order chi connectivity index (χ0) is 14.2. The maximum atomic E-state index is 11.6. The molecule has 2 aromatic rings. The van der Waals surface area contributed by atoms with Crippen molar-refractivity contribution in [2.24, 2.45) is 5.10 Å². The molecule has 0 atom stereocenters. The molecule has 2 rings (SSSR count). The third-order valence-corrected chi connectivity index (χ3v) is 2.80. The van der Waals surface area contributed by atoms with Crippen molar-refractivity contribution in [3.8, 4) is 0 Å². The van der Waals surface area contributed by atoms with E-state index in [0.717, 1.165) is 17.7 Å². The molecule has 0 unspecified atom stereocenters. The lowest BCUT2D eigenvalue weighted by atomic mass is 10.1. The third-order valence-electron chi connectivity index (χ3n) is 2.80. The van der Waals surface area contributed by atoms with Crippen molar-refractivity contribution in [2.45, 2.75) is 13.3 Å². The summed E-state index contributed by atoms with van der Waals surface area (Å²) in [5, 5.41) is 6.59. The average Bonchev–Trinajstić information content (AvgIpc) is 2.49. The molecule has 2 aromatic carbocycles. The number of aryl methyl sites for hydroxylation is 1. The van der Waals surface area contributed by atoms with Gasteiger partial charge in [-0.15, -0.1) is 0 Å². The van der Waals surface area contributed by atoms with Gasteiger partial charge in [0, 0.05) is 5.69 Å². The van der Waals surface area contributed by atoms with Crippen LogP contribution >= 0.6 is 0 Å². The fourth-order valence-electron chi connectivity index (χ4n) is 1.69. The van der Waals surface area contributed by atoms with Crippen LogP contribution < -0.4 is 10.7 Å². The van der Waals surface area contributed by atoms with Crippen molar-refractivity contribution in [2.75, 3.05) is 5.32 Å². The topological polar surface area (TPSA) is 53.5 Å². The number of hydrogen-bond donors (Lipinski definition) is 2. The van der Waals surface area contributed by atoms with Crippen LogP contribution in [0.5, 0.6) is 0 Å². The number of carbonyl (C=O) groups is 1. The van der Waals surface area contributed by atoms with Crippen molar-refractivity contribution in [1.82, 2.24) is 5.43 Å². The highest BCUT2D eigenvalue weighted by Crippen LogP contribution is 2.04. The van der Waals surface area contributed by atoms with Crippen molar-refractivity contribution in [3.05, 3.63) is 65.7 Å². The summed E-state index contributed by atoms with van der Waals surface area (Å²) in [6.07, 6.45) is 2.62. The van der Waals surface area contributed by atoms with E-state index >= 15 is 0 Å². The van der Waals surface area contributed by atoms with E-state index in [2.05, 4.69) is 22.8 Å². The molecular weight excluding hydrogens is 250 g/mol. The Labute approximate surface area is 118 Å². The predicted octanol–water partition coefficient (Wildman–Crippen LogP) is 3.40. The summed E-state index contributed by atoms with van der Waals surface area (Å²) in [7, 11) is 0. The van der Waals surface area contributed by atoms with Crippen molar-refractivity contribution in [1.29, 1.82) is 0 Å². The van der Waals surface area contributed by atoms with Crippen LogP contribution in [0.3, 0.4) is 0 Å². The number of hydrogen-bond acceptors (Lipinski definition) is 2. The fraction of sp³-hybridized carbons (Fsp3) is 0.125. The second-order valence-electron chi connectivity index (χ2n) is 4.29. The Balaban J connectivity index is 1.84. The summed E-state index contributed by atoms with van der Waals surface area (Å²) < 4.78 is 0. The van der Waals surface area contributed by atoms with Gasteiger partial charge in [-0.2, -0.15) is 5.10 Å². The van der Waals surface area contributed by atoms with Crippen LogP contribution in [-0.4, -0.2) is 12.2 Å². The molecule has 4 heteroatoms. The molecule has 2 amide bonds. The SMILES string of the molecule is CCc1ccc(/C=N\NC(=O)Nc2ccccc2)cc1. The lowest BCUT2D eigenvalue weighted by Crippen LogP contribution is -2.24. The summed E-state index contributed by atoms with van der Waals surface area (Å²) in [6.45, 7) is 2.11. The van der Waals surface area contributed by atoms with Crippen LogP contribution in [0.4, 0.5) is 10.5 Å².